The van der Waals surface area contributed by atoms with Crippen LogP contribution >= 0.6 is 23.1 Å². The fourth-order valence-corrected chi connectivity index (χ4v) is 5.41. The summed E-state index contributed by atoms with van der Waals surface area (Å²) < 4.78 is 46.7. The van der Waals surface area contributed by atoms with Crippen LogP contribution in [-0.2, 0) is 24.0 Å². The Bertz CT molecular complexity index is 1570. The van der Waals surface area contributed by atoms with Crippen molar-refractivity contribution < 1.29 is 22.7 Å². The highest BCUT2D eigenvalue weighted by molar-refractivity contribution is 7.99. The molecule has 0 atom stereocenters. The number of hydrogen-bond acceptors (Lipinski definition) is 7. The van der Waals surface area contributed by atoms with Crippen molar-refractivity contribution >= 4 is 34.1 Å². The van der Waals surface area contributed by atoms with Crippen LogP contribution in [0.15, 0.2) is 96.3 Å². The fourth-order valence-electron chi connectivity index (χ4n) is 3.78. The molecule has 5 aromatic rings. The van der Waals surface area contributed by atoms with Crippen molar-refractivity contribution in [2.45, 2.75) is 24.4 Å². The molecule has 5 rings (SSSR count). The van der Waals surface area contributed by atoms with E-state index in [-0.39, 0.29) is 24.7 Å². The van der Waals surface area contributed by atoms with Gasteiger partial charge in [-0.1, -0.05) is 66.4 Å². The zero-order valence-electron chi connectivity index (χ0n) is 20.8. The molecule has 204 valence electrons. The van der Waals surface area contributed by atoms with Crippen molar-refractivity contribution in [2.24, 2.45) is 0 Å². The van der Waals surface area contributed by atoms with Crippen LogP contribution in [0.4, 0.5) is 18.3 Å². The predicted molar refractivity (Wildman–Crippen MR) is 148 cm³/mol. The minimum atomic E-state index is -4.40. The van der Waals surface area contributed by atoms with Gasteiger partial charge >= 0.3 is 6.18 Å². The fraction of sp³-hybridized carbons (Fsp3) is 0.143. The van der Waals surface area contributed by atoms with E-state index in [1.165, 1.54) is 29.2 Å². The molecule has 0 aliphatic heterocycles. The Morgan fingerprint density at radius 1 is 0.975 bits per heavy atom. The van der Waals surface area contributed by atoms with Crippen LogP contribution in [0.5, 0.6) is 5.75 Å². The lowest BCUT2D eigenvalue weighted by molar-refractivity contribution is -0.137. The Hall–Kier alpha value is -4.16. The number of ether oxygens (including phenoxy) is 1. The first-order chi connectivity index (χ1) is 19.3. The van der Waals surface area contributed by atoms with E-state index in [0.29, 0.717) is 27.4 Å². The van der Waals surface area contributed by atoms with Gasteiger partial charge in [0.2, 0.25) is 5.91 Å². The normalized spacial score (nSPS) is 11.4. The van der Waals surface area contributed by atoms with E-state index in [0.717, 1.165) is 22.7 Å². The number of nitrogens with zero attached hydrogens (tertiary/aromatic N) is 4. The minimum absolute atomic E-state index is 0.0487. The third-order valence-corrected chi connectivity index (χ3v) is 7.43. The number of thioether (sulfide) groups is 1. The Balaban J connectivity index is 1.22. The van der Waals surface area contributed by atoms with Crippen LogP contribution in [0.2, 0.25) is 0 Å². The summed E-state index contributed by atoms with van der Waals surface area (Å²) in [6.45, 7) is 0.187. The van der Waals surface area contributed by atoms with E-state index in [1.807, 2.05) is 65.2 Å². The number of alkyl halides is 3. The van der Waals surface area contributed by atoms with Gasteiger partial charge in [0.05, 0.1) is 11.3 Å². The average Bonchev–Trinajstić information content (AvgIpc) is 3.57. The second-order valence-electron chi connectivity index (χ2n) is 8.51. The van der Waals surface area contributed by atoms with E-state index >= 15 is 0 Å². The molecule has 0 aliphatic carbocycles. The monoisotopic (exact) mass is 581 g/mol. The number of nitrogens with one attached hydrogen (secondary N) is 1. The SMILES string of the molecule is O=C(CSc1nnc(COc2ccccc2)n1-c1ccccc1)Nc1ncc(Cc2cccc(C(F)(F)F)c2)s1. The lowest BCUT2D eigenvalue weighted by Gasteiger charge is -2.11. The van der Waals surface area contributed by atoms with Gasteiger partial charge in [0.1, 0.15) is 12.4 Å². The molecule has 0 fully saturated rings. The van der Waals surface area contributed by atoms with Crippen molar-refractivity contribution in [3.63, 3.8) is 0 Å². The number of amides is 1. The highest BCUT2D eigenvalue weighted by Gasteiger charge is 2.30. The third-order valence-electron chi connectivity index (χ3n) is 5.59. The van der Waals surface area contributed by atoms with E-state index in [1.54, 1.807) is 12.3 Å². The molecule has 2 aromatic heterocycles. The van der Waals surface area contributed by atoms with Gasteiger partial charge in [-0.3, -0.25) is 9.36 Å². The molecule has 7 nitrogen and oxygen atoms in total. The molecule has 1 N–H and O–H groups in total. The summed E-state index contributed by atoms with van der Waals surface area (Å²) in [4.78, 5) is 17.6. The number of thiazole rings is 1. The maximum Gasteiger partial charge on any atom is 0.416 e. The first-order valence-corrected chi connectivity index (χ1v) is 13.9. The van der Waals surface area contributed by atoms with Gasteiger partial charge in [-0.25, -0.2) is 4.98 Å². The van der Waals surface area contributed by atoms with Gasteiger partial charge in [0.25, 0.3) is 0 Å². The summed E-state index contributed by atoms with van der Waals surface area (Å²) in [5.74, 6) is 1.04. The van der Waals surface area contributed by atoms with Crippen LogP contribution < -0.4 is 10.1 Å². The van der Waals surface area contributed by atoms with E-state index < -0.39 is 11.7 Å². The van der Waals surface area contributed by atoms with Crippen LogP contribution in [0, 0.1) is 0 Å². The molecular weight excluding hydrogens is 559 g/mol. The number of rotatable bonds is 10. The number of aromatic nitrogens is 4. The quantitative estimate of drug-likeness (QED) is 0.186. The molecular formula is C28H22F3N5O2S2. The number of halogens is 3. The number of carbonyl (C=O) groups excluding carboxylic acids is 1. The number of carbonyl (C=O) groups is 1. The maximum atomic E-state index is 13.0. The molecule has 2 heterocycles. The summed E-state index contributed by atoms with van der Waals surface area (Å²) >= 11 is 2.43. The van der Waals surface area contributed by atoms with Crippen LogP contribution in [0.1, 0.15) is 21.8 Å². The molecule has 0 unspecified atom stereocenters. The zero-order valence-corrected chi connectivity index (χ0v) is 22.5. The highest BCUT2D eigenvalue weighted by Crippen LogP contribution is 2.31. The molecule has 1 amide bonds. The average molecular weight is 582 g/mol. The first-order valence-electron chi connectivity index (χ1n) is 12.1. The van der Waals surface area contributed by atoms with E-state index in [4.69, 9.17) is 4.74 Å². The van der Waals surface area contributed by atoms with Gasteiger partial charge in [0, 0.05) is 23.2 Å². The number of benzene rings is 3. The lowest BCUT2D eigenvalue weighted by Crippen LogP contribution is -2.14. The molecule has 0 spiro atoms. The van der Waals surface area contributed by atoms with Crippen LogP contribution in [-0.4, -0.2) is 31.4 Å². The lowest BCUT2D eigenvalue weighted by atomic mass is 10.1. The van der Waals surface area contributed by atoms with Gasteiger partial charge < -0.3 is 10.1 Å². The summed E-state index contributed by atoms with van der Waals surface area (Å²) in [5.41, 5.74) is 0.652. The second-order valence-corrected chi connectivity index (χ2v) is 10.6. The Morgan fingerprint density at radius 2 is 1.73 bits per heavy atom. The summed E-state index contributed by atoms with van der Waals surface area (Å²) in [5, 5.41) is 12.2. The maximum absolute atomic E-state index is 13.0. The van der Waals surface area contributed by atoms with Crippen LogP contribution in [0.25, 0.3) is 5.69 Å². The summed E-state index contributed by atoms with van der Waals surface area (Å²) in [6, 6.07) is 24.1. The predicted octanol–water partition coefficient (Wildman–Crippen LogP) is 6.64. The highest BCUT2D eigenvalue weighted by atomic mass is 32.2. The Kier molecular flexibility index (Phi) is 8.46. The second kappa shape index (κ2) is 12.3. The molecule has 40 heavy (non-hydrogen) atoms. The smallest absolute Gasteiger partial charge is 0.416 e. The number of para-hydroxylation sites is 2. The van der Waals surface area contributed by atoms with E-state index in [2.05, 4.69) is 20.5 Å². The van der Waals surface area contributed by atoms with Crippen LogP contribution in [0.3, 0.4) is 0 Å². The van der Waals surface area contributed by atoms with Crippen molar-refractivity contribution in [3.8, 4) is 11.4 Å². The Labute approximate surface area is 236 Å². The number of hydrogen-bond donors (Lipinski definition) is 1. The van der Waals surface area contributed by atoms with Gasteiger partial charge in [0.15, 0.2) is 16.1 Å². The largest absolute Gasteiger partial charge is 0.486 e. The molecule has 12 heteroatoms. The Morgan fingerprint density at radius 3 is 2.48 bits per heavy atom. The third kappa shape index (κ3) is 7.07. The molecule has 0 bridgehead atoms. The van der Waals surface area contributed by atoms with Crippen molar-refractivity contribution in [3.05, 3.63) is 113 Å². The zero-order chi connectivity index (χ0) is 28.0. The summed E-state index contributed by atoms with van der Waals surface area (Å²) in [6.07, 6.45) is -2.57. The molecule has 0 radical (unpaired) electrons. The summed E-state index contributed by atoms with van der Waals surface area (Å²) in [7, 11) is 0. The van der Waals surface area contributed by atoms with Gasteiger partial charge in [-0.2, -0.15) is 13.2 Å². The number of anilines is 1. The molecule has 0 aliphatic rings. The standard InChI is InChI=1S/C28H22F3N5O2S2/c29-28(30,31)20-9-7-8-19(14-20)15-23-16-32-26(40-23)33-25(37)18-39-27-35-34-24(17-38-22-12-5-2-6-13-22)36(27)21-10-3-1-4-11-21/h1-14,16H,15,17-18H2,(H,32,33,37). The molecule has 3 aromatic carbocycles. The first kappa shape index (κ1) is 27.4. The van der Waals surface area contributed by atoms with E-state index in [9.17, 15) is 18.0 Å². The van der Waals surface area contributed by atoms with Crippen molar-refractivity contribution in [1.82, 2.24) is 19.7 Å². The van der Waals surface area contributed by atoms with Gasteiger partial charge in [-0.15, -0.1) is 21.5 Å². The molecule has 0 saturated heterocycles. The van der Waals surface area contributed by atoms with Crippen molar-refractivity contribution in [1.29, 1.82) is 0 Å². The van der Waals surface area contributed by atoms with Gasteiger partial charge in [-0.05, 0) is 35.9 Å². The van der Waals surface area contributed by atoms with Crippen molar-refractivity contribution in [2.75, 3.05) is 11.1 Å². The topological polar surface area (TPSA) is 81.9 Å². The molecule has 0 saturated carbocycles. The minimum Gasteiger partial charge on any atom is -0.486 e.